The highest BCUT2D eigenvalue weighted by Crippen LogP contribution is 2.26. The second-order valence-corrected chi connectivity index (χ2v) is 7.67. The normalized spacial score (nSPS) is 13.8. The van der Waals surface area contributed by atoms with E-state index in [-0.39, 0.29) is 5.91 Å². The number of benzene rings is 1. The van der Waals surface area contributed by atoms with Crippen molar-refractivity contribution in [3.05, 3.63) is 68.1 Å². The summed E-state index contributed by atoms with van der Waals surface area (Å²) in [7, 11) is 0. The van der Waals surface area contributed by atoms with Crippen molar-refractivity contribution >= 4 is 28.8 Å². The Labute approximate surface area is 155 Å². The Kier molecular flexibility index (Phi) is 4.13. The summed E-state index contributed by atoms with van der Waals surface area (Å²) in [5, 5.41) is 7.24. The first-order valence-electron chi connectivity index (χ1n) is 8.21. The Bertz CT molecular complexity index is 942. The molecule has 0 N–H and O–H groups in total. The van der Waals surface area contributed by atoms with E-state index in [4.69, 9.17) is 11.6 Å². The van der Waals surface area contributed by atoms with Gasteiger partial charge in [0.15, 0.2) is 0 Å². The summed E-state index contributed by atoms with van der Waals surface area (Å²) >= 11 is 8.00. The molecule has 0 radical (unpaired) electrons. The zero-order valence-corrected chi connectivity index (χ0v) is 15.7. The SMILES string of the molecule is Cc1nn(-c2ccc(C(=O)N3CCc4sccc4C3)cc2)c(C)c1Cl. The monoisotopic (exact) mass is 371 g/mol. The number of nitrogens with zero attached hydrogens (tertiary/aromatic N) is 3. The van der Waals surface area contributed by atoms with Crippen molar-refractivity contribution in [2.75, 3.05) is 6.54 Å². The number of aromatic nitrogens is 2. The predicted molar refractivity (Wildman–Crippen MR) is 101 cm³/mol. The summed E-state index contributed by atoms with van der Waals surface area (Å²) in [6.45, 7) is 5.31. The number of rotatable bonds is 2. The quantitative estimate of drug-likeness (QED) is 0.669. The van der Waals surface area contributed by atoms with Gasteiger partial charge in [0.1, 0.15) is 0 Å². The average molecular weight is 372 g/mol. The molecule has 128 valence electrons. The summed E-state index contributed by atoms with van der Waals surface area (Å²) in [6, 6.07) is 9.69. The van der Waals surface area contributed by atoms with Crippen LogP contribution in [0, 0.1) is 13.8 Å². The second-order valence-electron chi connectivity index (χ2n) is 6.29. The van der Waals surface area contributed by atoms with Crippen LogP contribution in [-0.4, -0.2) is 27.1 Å². The molecule has 1 aromatic carbocycles. The van der Waals surface area contributed by atoms with E-state index in [1.54, 1.807) is 11.3 Å². The average Bonchev–Trinajstić information content (AvgIpc) is 3.21. The molecule has 1 amide bonds. The van der Waals surface area contributed by atoms with Crippen LogP contribution in [0.15, 0.2) is 35.7 Å². The van der Waals surface area contributed by atoms with Crippen LogP contribution >= 0.6 is 22.9 Å². The number of carbonyl (C=O) groups excluding carboxylic acids is 1. The molecule has 25 heavy (non-hydrogen) atoms. The predicted octanol–water partition coefficient (Wildman–Crippen LogP) is 4.40. The minimum atomic E-state index is 0.0785. The summed E-state index contributed by atoms with van der Waals surface area (Å²) in [5.41, 5.74) is 4.59. The fraction of sp³-hybridized carbons (Fsp3) is 0.263. The van der Waals surface area contributed by atoms with Gasteiger partial charge in [-0.1, -0.05) is 11.6 Å². The Morgan fingerprint density at radius 1 is 1.20 bits per heavy atom. The molecule has 1 aliphatic rings. The van der Waals surface area contributed by atoms with Gasteiger partial charge in [0, 0.05) is 23.5 Å². The van der Waals surface area contributed by atoms with E-state index in [1.165, 1.54) is 10.4 Å². The van der Waals surface area contributed by atoms with E-state index in [1.807, 2.05) is 47.7 Å². The number of hydrogen-bond donors (Lipinski definition) is 0. The van der Waals surface area contributed by atoms with Crippen molar-refractivity contribution in [3.8, 4) is 5.69 Å². The Balaban J connectivity index is 1.56. The summed E-state index contributed by atoms with van der Waals surface area (Å²) < 4.78 is 1.81. The van der Waals surface area contributed by atoms with Crippen LogP contribution in [0.25, 0.3) is 5.69 Å². The smallest absolute Gasteiger partial charge is 0.254 e. The molecule has 0 atom stereocenters. The van der Waals surface area contributed by atoms with Gasteiger partial charge in [-0.05, 0) is 61.5 Å². The zero-order valence-electron chi connectivity index (χ0n) is 14.1. The molecule has 0 saturated carbocycles. The molecule has 3 heterocycles. The van der Waals surface area contributed by atoms with Crippen molar-refractivity contribution in [2.24, 2.45) is 0 Å². The van der Waals surface area contributed by atoms with Crippen LogP contribution in [0.4, 0.5) is 0 Å². The fourth-order valence-electron chi connectivity index (χ4n) is 3.22. The van der Waals surface area contributed by atoms with Gasteiger partial charge in [0.25, 0.3) is 5.91 Å². The summed E-state index contributed by atoms with van der Waals surface area (Å²) in [6.07, 6.45) is 0.946. The molecule has 0 aliphatic carbocycles. The zero-order chi connectivity index (χ0) is 17.6. The molecule has 6 heteroatoms. The molecule has 0 spiro atoms. The molecule has 0 unspecified atom stereocenters. The molecule has 1 aliphatic heterocycles. The van der Waals surface area contributed by atoms with Crippen molar-refractivity contribution in [1.29, 1.82) is 0 Å². The van der Waals surface area contributed by atoms with Crippen molar-refractivity contribution in [3.63, 3.8) is 0 Å². The maximum absolute atomic E-state index is 12.8. The Morgan fingerprint density at radius 3 is 2.64 bits per heavy atom. The number of fused-ring (bicyclic) bond motifs is 1. The molecule has 0 bridgehead atoms. The van der Waals surface area contributed by atoms with Crippen LogP contribution in [0.1, 0.15) is 32.2 Å². The number of amides is 1. The van der Waals surface area contributed by atoms with Gasteiger partial charge >= 0.3 is 0 Å². The lowest BCUT2D eigenvalue weighted by atomic mass is 10.1. The maximum atomic E-state index is 12.8. The van der Waals surface area contributed by atoms with Gasteiger partial charge in [-0.15, -0.1) is 11.3 Å². The molecule has 4 nitrogen and oxygen atoms in total. The van der Waals surface area contributed by atoms with Crippen LogP contribution in [0.2, 0.25) is 5.02 Å². The van der Waals surface area contributed by atoms with Crippen molar-refractivity contribution < 1.29 is 4.79 Å². The van der Waals surface area contributed by atoms with E-state index in [9.17, 15) is 4.79 Å². The minimum Gasteiger partial charge on any atom is -0.334 e. The highest BCUT2D eigenvalue weighted by atomic mass is 35.5. The van der Waals surface area contributed by atoms with Gasteiger partial charge in [-0.25, -0.2) is 4.68 Å². The van der Waals surface area contributed by atoms with E-state index in [0.717, 1.165) is 30.0 Å². The summed E-state index contributed by atoms with van der Waals surface area (Å²) in [5.74, 6) is 0.0785. The highest BCUT2D eigenvalue weighted by molar-refractivity contribution is 7.10. The third kappa shape index (κ3) is 2.87. The van der Waals surface area contributed by atoms with Gasteiger partial charge in [0.2, 0.25) is 0 Å². The summed E-state index contributed by atoms with van der Waals surface area (Å²) in [4.78, 5) is 16.1. The van der Waals surface area contributed by atoms with Gasteiger partial charge in [-0.3, -0.25) is 4.79 Å². The largest absolute Gasteiger partial charge is 0.334 e. The molecule has 0 fully saturated rings. The standard InChI is InChI=1S/C19H18ClN3OS/c1-12-18(20)13(2)23(21-12)16-5-3-14(4-6-16)19(24)22-9-7-17-15(11-22)8-10-25-17/h3-6,8,10H,7,9,11H2,1-2H3. The number of hydrogen-bond acceptors (Lipinski definition) is 3. The van der Waals surface area contributed by atoms with Crippen molar-refractivity contribution in [1.82, 2.24) is 14.7 Å². The second kappa shape index (κ2) is 6.32. The lowest BCUT2D eigenvalue weighted by molar-refractivity contribution is 0.0736. The maximum Gasteiger partial charge on any atom is 0.254 e. The van der Waals surface area contributed by atoms with Crippen LogP contribution in [0.3, 0.4) is 0 Å². The number of aryl methyl sites for hydroxylation is 1. The first-order valence-corrected chi connectivity index (χ1v) is 9.47. The number of thiophene rings is 1. The van der Waals surface area contributed by atoms with E-state index < -0.39 is 0 Å². The lowest BCUT2D eigenvalue weighted by Gasteiger charge is -2.27. The first-order chi connectivity index (χ1) is 12.0. The third-order valence-electron chi connectivity index (χ3n) is 4.66. The van der Waals surface area contributed by atoms with Crippen LogP contribution in [-0.2, 0) is 13.0 Å². The van der Waals surface area contributed by atoms with E-state index in [2.05, 4.69) is 16.5 Å². The third-order valence-corrected chi connectivity index (χ3v) is 6.23. The Morgan fingerprint density at radius 2 is 1.96 bits per heavy atom. The molecule has 3 aromatic rings. The van der Waals surface area contributed by atoms with Crippen LogP contribution < -0.4 is 0 Å². The molecule has 2 aromatic heterocycles. The fourth-order valence-corrected chi connectivity index (χ4v) is 4.23. The van der Waals surface area contributed by atoms with E-state index >= 15 is 0 Å². The molecule has 0 saturated heterocycles. The topological polar surface area (TPSA) is 38.1 Å². The molecule has 4 rings (SSSR count). The van der Waals surface area contributed by atoms with Gasteiger partial charge in [0.05, 0.1) is 22.1 Å². The van der Waals surface area contributed by atoms with Gasteiger partial charge < -0.3 is 4.90 Å². The lowest BCUT2D eigenvalue weighted by Crippen LogP contribution is -2.35. The van der Waals surface area contributed by atoms with Gasteiger partial charge in [-0.2, -0.15) is 5.10 Å². The van der Waals surface area contributed by atoms with Crippen molar-refractivity contribution in [2.45, 2.75) is 26.8 Å². The minimum absolute atomic E-state index is 0.0785. The van der Waals surface area contributed by atoms with E-state index in [0.29, 0.717) is 17.1 Å². The first kappa shape index (κ1) is 16.4. The molecular formula is C19H18ClN3OS. The highest BCUT2D eigenvalue weighted by Gasteiger charge is 2.22. The number of carbonyl (C=O) groups is 1. The molecular weight excluding hydrogens is 354 g/mol. The Hall–Kier alpha value is -2.11. The number of halogens is 1. The van der Waals surface area contributed by atoms with Crippen LogP contribution in [0.5, 0.6) is 0 Å².